The van der Waals surface area contributed by atoms with Crippen LogP contribution in [-0.4, -0.2) is 32.3 Å². The number of pyridine rings is 1. The molecule has 8 nitrogen and oxygen atoms in total. The zero-order valence-electron chi connectivity index (χ0n) is 18.7. The zero-order valence-corrected chi connectivity index (χ0v) is 20.3. The van der Waals surface area contributed by atoms with Crippen LogP contribution in [0.3, 0.4) is 0 Å². The highest BCUT2D eigenvalue weighted by Crippen LogP contribution is 2.25. The molecule has 178 valence electrons. The van der Waals surface area contributed by atoms with Crippen molar-refractivity contribution < 1.29 is 18.0 Å². The second-order valence-corrected chi connectivity index (χ2v) is 10.6. The summed E-state index contributed by atoms with van der Waals surface area (Å²) in [6, 6.07) is 19.8. The van der Waals surface area contributed by atoms with Gasteiger partial charge < -0.3 is 10.6 Å². The van der Waals surface area contributed by atoms with E-state index in [1.54, 1.807) is 72.4 Å². The number of nitrogens with one attached hydrogen (secondary N) is 2. The molecule has 2 aromatic carbocycles. The van der Waals surface area contributed by atoms with Gasteiger partial charge in [-0.3, -0.25) is 18.9 Å². The molecule has 0 fully saturated rings. The van der Waals surface area contributed by atoms with Crippen LogP contribution in [0.15, 0.2) is 94.8 Å². The molecule has 0 unspecified atom stereocenters. The predicted octanol–water partition coefficient (Wildman–Crippen LogP) is 4.15. The third-order valence-corrected chi connectivity index (χ3v) is 8.36. The Morgan fingerprint density at radius 3 is 2.40 bits per heavy atom. The van der Waals surface area contributed by atoms with E-state index >= 15 is 0 Å². The molecule has 0 radical (unpaired) electrons. The lowest BCUT2D eigenvalue weighted by Gasteiger charge is -2.18. The van der Waals surface area contributed by atoms with E-state index in [2.05, 4.69) is 15.6 Å². The average molecular weight is 507 g/mol. The monoisotopic (exact) mass is 506 g/mol. The minimum absolute atomic E-state index is 0.236. The quantitative estimate of drug-likeness (QED) is 0.373. The Balaban J connectivity index is 1.45. The second kappa shape index (κ2) is 10.5. The molecule has 0 saturated heterocycles. The van der Waals surface area contributed by atoms with Crippen LogP contribution in [0, 0.1) is 0 Å². The zero-order chi connectivity index (χ0) is 24.8. The van der Waals surface area contributed by atoms with Crippen molar-refractivity contribution in [3.63, 3.8) is 0 Å². The van der Waals surface area contributed by atoms with Crippen LogP contribution in [-0.2, 0) is 16.6 Å². The SMILES string of the molecule is CN(c1ccc(C(=O)Nc2ccccc2C(=O)NCc2cccnc2)cc1)S(=O)(=O)c1cccs1. The molecular weight excluding hydrogens is 484 g/mol. The first-order valence-corrected chi connectivity index (χ1v) is 12.9. The van der Waals surface area contributed by atoms with Crippen molar-refractivity contribution in [2.45, 2.75) is 10.8 Å². The Kier molecular flexibility index (Phi) is 7.23. The molecule has 0 aliphatic heterocycles. The molecule has 4 aromatic rings. The van der Waals surface area contributed by atoms with Gasteiger partial charge in [-0.05, 0) is 59.5 Å². The smallest absolute Gasteiger partial charge is 0.273 e. The number of anilines is 2. The van der Waals surface area contributed by atoms with Crippen LogP contribution in [0.4, 0.5) is 11.4 Å². The van der Waals surface area contributed by atoms with Crippen molar-refractivity contribution in [1.82, 2.24) is 10.3 Å². The molecule has 0 atom stereocenters. The van der Waals surface area contributed by atoms with Crippen LogP contribution < -0.4 is 14.9 Å². The van der Waals surface area contributed by atoms with Crippen LogP contribution in [0.1, 0.15) is 26.3 Å². The first kappa shape index (κ1) is 24.1. The van der Waals surface area contributed by atoms with Gasteiger partial charge in [-0.2, -0.15) is 0 Å². The fraction of sp³-hybridized carbons (Fsp3) is 0.0800. The van der Waals surface area contributed by atoms with Gasteiger partial charge in [0, 0.05) is 31.5 Å². The number of thiophene rings is 1. The van der Waals surface area contributed by atoms with E-state index in [9.17, 15) is 18.0 Å². The number of carbonyl (C=O) groups excluding carboxylic acids is 2. The predicted molar refractivity (Wildman–Crippen MR) is 136 cm³/mol. The number of hydrogen-bond acceptors (Lipinski definition) is 6. The topological polar surface area (TPSA) is 108 Å². The Labute approximate surface area is 207 Å². The molecule has 10 heteroatoms. The van der Waals surface area contributed by atoms with Crippen LogP contribution in [0.25, 0.3) is 0 Å². The Morgan fingerprint density at radius 2 is 1.71 bits per heavy atom. The van der Waals surface area contributed by atoms with Gasteiger partial charge in [0.1, 0.15) is 4.21 Å². The molecular formula is C25H22N4O4S2. The van der Waals surface area contributed by atoms with E-state index < -0.39 is 15.9 Å². The third kappa shape index (κ3) is 5.56. The first-order chi connectivity index (χ1) is 16.9. The van der Waals surface area contributed by atoms with E-state index in [-0.39, 0.29) is 10.1 Å². The van der Waals surface area contributed by atoms with Gasteiger partial charge in [-0.15, -0.1) is 11.3 Å². The molecule has 2 heterocycles. The van der Waals surface area contributed by atoms with Gasteiger partial charge in [0.25, 0.3) is 21.8 Å². The van der Waals surface area contributed by atoms with Gasteiger partial charge in [-0.25, -0.2) is 8.42 Å². The van der Waals surface area contributed by atoms with E-state index in [0.717, 1.165) is 16.9 Å². The molecule has 4 rings (SSSR count). The van der Waals surface area contributed by atoms with E-state index in [1.165, 1.54) is 23.5 Å². The highest BCUT2D eigenvalue weighted by Gasteiger charge is 2.22. The highest BCUT2D eigenvalue weighted by atomic mass is 32.2. The van der Waals surface area contributed by atoms with Crippen LogP contribution >= 0.6 is 11.3 Å². The van der Waals surface area contributed by atoms with E-state index in [1.807, 2.05) is 6.07 Å². The average Bonchev–Trinajstić information content (AvgIpc) is 3.44. The summed E-state index contributed by atoms with van der Waals surface area (Å²) >= 11 is 1.14. The molecule has 2 aromatic heterocycles. The summed E-state index contributed by atoms with van der Waals surface area (Å²) in [7, 11) is -2.21. The number of carbonyl (C=O) groups is 2. The number of nitrogens with zero attached hydrogens (tertiary/aromatic N) is 2. The van der Waals surface area contributed by atoms with Gasteiger partial charge in [0.05, 0.1) is 16.9 Å². The number of hydrogen-bond donors (Lipinski definition) is 2. The van der Waals surface area contributed by atoms with Gasteiger partial charge in [0.15, 0.2) is 0 Å². The maximum atomic E-state index is 12.9. The van der Waals surface area contributed by atoms with Crippen molar-refractivity contribution in [2.24, 2.45) is 0 Å². The number of rotatable bonds is 8. The molecule has 0 spiro atoms. The highest BCUT2D eigenvalue weighted by molar-refractivity contribution is 7.94. The Bertz CT molecular complexity index is 1420. The number of para-hydroxylation sites is 1. The largest absolute Gasteiger partial charge is 0.348 e. The molecule has 2 amide bonds. The van der Waals surface area contributed by atoms with Crippen molar-refractivity contribution in [3.05, 3.63) is 107 Å². The standard InChI is InChI=1S/C25H22N4O4S2/c1-29(35(32,33)23-9-5-15-34-23)20-12-10-19(11-13-20)24(30)28-22-8-3-2-7-21(22)25(31)27-17-18-6-4-14-26-16-18/h2-16H,17H2,1H3,(H,27,31)(H,28,30). The van der Waals surface area contributed by atoms with E-state index in [4.69, 9.17) is 0 Å². The first-order valence-electron chi connectivity index (χ1n) is 10.6. The lowest BCUT2D eigenvalue weighted by molar-refractivity contribution is 0.0951. The lowest BCUT2D eigenvalue weighted by Crippen LogP contribution is -2.26. The minimum Gasteiger partial charge on any atom is -0.348 e. The summed E-state index contributed by atoms with van der Waals surface area (Å²) < 4.78 is 26.8. The fourth-order valence-electron chi connectivity index (χ4n) is 3.27. The summed E-state index contributed by atoms with van der Waals surface area (Å²) in [5.74, 6) is -0.756. The van der Waals surface area contributed by atoms with Crippen molar-refractivity contribution in [3.8, 4) is 0 Å². The van der Waals surface area contributed by atoms with Crippen molar-refractivity contribution >= 4 is 44.5 Å². The number of benzene rings is 2. The molecule has 0 aliphatic rings. The molecule has 0 aliphatic carbocycles. The summed E-state index contributed by atoms with van der Waals surface area (Å²) in [5.41, 5.74) is 2.28. The fourth-order valence-corrected chi connectivity index (χ4v) is 5.63. The van der Waals surface area contributed by atoms with Crippen molar-refractivity contribution in [2.75, 3.05) is 16.7 Å². The lowest BCUT2D eigenvalue weighted by atomic mass is 10.1. The van der Waals surface area contributed by atoms with E-state index in [0.29, 0.717) is 29.0 Å². The van der Waals surface area contributed by atoms with Gasteiger partial charge in [-0.1, -0.05) is 24.3 Å². The molecule has 2 N–H and O–H groups in total. The number of sulfonamides is 1. The van der Waals surface area contributed by atoms with Gasteiger partial charge in [0.2, 0.25) is 0 Å². The third-order valence-electron chi connectivity index (χ3n) is 5.20. The number of aromatic nitrogens is 1. The maximum absolute atomic E-state index is 12.9. The maximum Gasteiger partial charge on any atom is 0.273 e. The number of amides is 2. The summed E-state index contributed by atoms with van der Waals surface area (Å²) in [5, 5.41) is 7.29. The minimum atomic E-state index is -3.67. The summed E-state index contributed by atoms with van der Waals surface area (Å²) in [6.45, 7) is 0.304. The molecule has 0 saturated carbocycles. The van der Waals surface area contributed by atoms with Crippen molar-refractivity contribution in [1.29, 1.82) is 0 Å². The Morgan fingerprint density at radius 1 is 0.943 bits per heavy atom. The van der Waals surface area contributed by atoms with Crippen LogP contribution in [0.2, 0.25) is 0 Å². The van der Waals surface area contributed by atoms with Crippen LogP contribution in [0.5, 0.6) is 0 Å². The van der Waals surface area contributed by atoms with Gasteiger partial charge >= 0.3 is 0 Å². The summed E-state index contributed by atoms with van der Waals surface area (Å²) in [6.07, 6.45) is 3.32. The molecule has 0 bridgehead atoms. The normalized spacial score (nSPS) is 11.0. The molecule has 35 heavy (non-hydrogen) atoms. The summed E-state index contributed by atoms with van der Waals surface area (Å²) in [4.78, 5) is 29.6. The second-order valence-electron chi connectivity index (χ2n) is 7.50. The Hall–Kier alpha value is -4.02.